The van der Waals surface area contributed by atoms with Gasteiger partial charge in [-0.3, -0.25) is 4.57 Å². The predicted octanol–water partition coefficient (Wildman–Crippen LogP) is 14.6. The first-order valence-electron chi connectivity index (χ1n) is 19.0. The second-order valence-corrected chi connectivity index (χ2v) is 16.0. The minimum Gasteiger partial charge on any atom is -0.292 e. The van der Waals surface area contributed by atoms with Gasteiger partial charge in [0.2, 0.25) is 0 Å². The fourth-order valence-corrected chi connectivity index (χ4v) is 9.35. The van der Waals surface area contributed by atoms with Gasteiger partial charge >= 0.3 is 0 Å². The molecule has 2 heterocycles. The number of aromatic nitrogens is 2. The fourth-order valence-electron chi connectivity index (χ4n) is 8.09. The molecule has 0 atom stereocenters. The number of imidazole rings is 1. The maximum absolute atomic E-state index is 9.75. The summed E-state index contributed by atoms with van der Waals surface area (Å²) in [5.74, 6) is 1.38. The molecule has 0 spiro atoms. The molecule has 0 unspecified atom stereocenters. The summed E-state index contributed by atoms with van der Waals surface area (Å²) in [6.07, 6.45) is 1.51. The number of hydrogen-bond donors (Lipinski definition) is 0. The van der Waals surface area contributed by atoms with E-state index in [1.807, 2.05) is 11.3 Å². The molecule has 252 valence electrons. The van der Waals surface area contributed by atoms with Crippen molar-refractivity contribution in [1.82, 2.24) is 9.55 Å². The highest BCUT2D eigenvalue weighted by Gasteiger charge is 2.26. The molecule has 0 aliphatic carbocycles. The monoisotopic (exact) mass is 673 g/mol. The van der Waals surface area contributed by atoms with E-state index in [-0.39, 0.29) is 0 Å². The van der Waals surface area contributed by atoms with Crippen molar-refractivity contribution in [3.8, 4) is 17.1 Å². The Kier molecular flexibility index (Phi) is 8.00. The van der Waals surface area contributed by atoms with Gasteiger partial charge in [-0.2, -0.15) is 0 Å². The van der Waals surface area contributed by atoms with E-state index >= 15 is 0 Å². The Balaban J connectivity index is 1.53. The topological polar surface area (TPSA) is 17.8 Å². The first-order valence-corrected chi connectivity index (χ1v) is 19.3. The van der Waals surface area contributed by atoms with Gasteiger partial charge in [-0.25, -0.2) is 4.98 Å². The zero-order valence-corrected chi connectivity index (χ0v) is 31.5. The van der Waals surface area contributed by atoms with Gasteiger partial charge < -0.3 is 0 Å². The third kappa shape index (κ3) is 5.16. The van der Waals surface area contributed by atoms with Crippen LogP contribution in [0.25, 0.3) is 69.8 Å². The third-order valence-electron chi connectivity index (χ3n) is 10.8. The van der Waals surface area contributed by atoms with E-state index in [1.54, 1.807) is 0 Å². The minimum absolute atomic E-state index is 0.331. The van der Waals surface area contributed by atoms with Gasteiger partial charge in [0.15, 0.2) is 0 Å². The van der Waals surface area contributed by atoms with Crippen molar-refractivity contribution in [3.63, 3.8) is 0 Å². The SMILES string of the molecule is [2H]C(CC)(CC)c1ccc(-c2nc3ccccc3n2-c2c(C(C)C)cc(C(C)C)cc2C(C)C)c2sc3cc4c(ccc5ccccc54)cc3c12. The molecular weight excluding hydrogens is 625 g/mol. The number of rotatable bonds is 8. The number of thiophene rings is 1. The van der Waals surface area contributed by atoms with E-state index in [4.69, 9.17) is 4.98 Å². The second kappa shape index (κ2) is 12.7. The Morgan fingerprint density at radius 3 is 2.04 bits per heavy atom. The van der Waals surface area contributed by atoms with Gasteiger partial charge in [0.25, 0.3) is 0 Å². The van der Waals surface area contributed by atoms with Crippen molar-refractivity contribution in [3.05, 3.63) is 119 Å². The van der Waals surface area contributed by atoms with Crippen molar-refractivity contribution < 1.29 is 1.37 Å². The lowest BCUT2D eigenvalue weighted by Gasteiger charge is -2.25. The molecule has 0 N–H and O–H groups in total. The molecule has 3 heteroatoms. The molecule has 0 aliphatic heterocycles. The van der Waals surface area contributed by atoms with Crippen LogP contribution in [0.4, 0.5) is 0 Å². The standard InChI is InChI=1S/C47H48N2S/c1-9-30(10-2)35-21-22-36(46-44(35)40-23-32-20-19-31-15-11-12-16-34(31)39(32)26-43(40)50-46)47-48-41-17-13-14-18-42(41)49(47)45-37(28(5)6)24-33(27(3)4)25-38(45)29(7)8/h11-30H,9-10H2,1-8H3/i30D. The van der Waals surface area contributed by atoms with E-state index in [1.165, 1.54) is 64.1 Å². The molecule has 50 heavy (non-hydrogen) atoms. The van der Waals surface area contributed by atoms with E-state index < -0.39 is 5.89 Å². The van der Waals surface area contributed by atoms with Crippen molar-refractivity contribution in [2.45, 2.75) is 91.9 Å². The van der Waals surface area contributed by atoms with Crippen LogP contribution in [0.5, 0.6) is 0 Å². The average molecular weight is 674 g/mol. The zero-order valence-electron chi connectivity index (χ0n) is 31.7. The largest absolute Gasteiger partial charge is 0.292 e. The summed E-state index contributed by atoms with van der Waals surface area (Å²) in [5, 5.41) is 7.50. The van der Waals surface area contributed by atoms with Gasteiger partial charge in [0.05, 0.1) is 16.7 Å². The molecule has 6 aromatic carbocycles. The van der Waals surface area contributed by atoms with E-state index in [0.717, 1.165) is 40.8 Å². The smallest absolute Gasteiger partial charge is 0.147 e. The molecular formula is C47H48N2S. The number of fused-ring (bicyclic) bond motifs is 7. The number of hydrogen-bond acceptors (Lipinski definition) is 2. The van der Waals surface area contributed by atoms with Crippen LogP contribution >= 0.6 is 11.3 Å². The van der Waals surface area contributed by atoms with Gasteiger partial charge in [-0.1, -0.05) is 122 Å². The van der Waals surface area contributed by atoms with Crippen LogP contribution in [0.15, 0.2) is 97.1 Å². The Labute approximate surface area is 302 Å². The van der Waals surface area contributed by atoms with Crippen LogP contribution in [-0.4, -0.2) is 9.55 Å². The Morgan fingerprint density at radius 1 is 0.660 bits per heavy atom. The van der Waals surface area contributed by atoms with Crippen molar-refractivity contribution in [1.29, 1.82) is 0 Å². The molecule has 8 aromatic rings. The quantitative estimate of drug-likeness (QED) is 0.147. The summed E-state index contributed by atoms with van der Waals surface area (Å²) >= 11 is 1.86. The molecule has 0 fully saturated rings. The highest BCUT2D eigenvalue weighted by Crippen LogP contribution is 2.48. The lowest BCUT2D eigenvalue weighted by atomic mass is 9.87. The molecule has 0 saturated heterocycles. The van der Waals surface area contributed by atoms with E-state index in [9.17, 15) is 1.37 Å². The molecule has 0 saturated carbocycles. The maximum atomic E-state index is 9.75. The van der Waals surface area contributed by atoms with E-state index in [2.05, 4.69) is 157 Å². The van der Waals surface area contributed by atoms with E-state index in [0.29, 0.717) is 17.8 Å². The second-order valence-electron chi connectivity index (χ2n) is 14.9. The van der Waals surface area contributed by atoms with Gasteiger partial charge in [-0.05, 0) is 111 Å². The Bertz CT molecular complexity index is 2580. The van der Waals surface area contributed by atoms with Crippen molar-refractivity contribution in [2.24, 2.45) is 0 Å². The molecule has 8 rings (SSSR count). The lowest BCUT2D eigenvalue weighted by Crippen LogP contribution is -2.10. The van der Waals surface area contributed by atoms with Gasteiger partial charge in [0, 0.05) is 27.1 Å². The normalized spacial score (nSPS) is 13.0. The van der Waals surface area contributed by atoms with Crippen LogP contribution in [0.1, 0.15) is 116 Å². The highest BCUT2D eigenvalue weighted by molar-refractivity contribution is 7.26. The Hall–Kier alpha value is -4.47. The van der Waals surface area contributed by atoms with Gasteiger partial charge in [-0.15, -0.1) is 11.3 Å². The average Bonchev–Trinajstić information content (AvgIpc) is 3.71. The van der Waals surface area contributed by atoms with Gasteiger partial charge in [0.1, 0.15) is 5.82 Å². The van der Waals surface area contributed by atoms with Crippen LogP contribution in [0.2, 0.25) is 0 Å². The molecule has 0 bridgehead atoms. The summed E-state index contributed by atoms with van der Waals surface area (Å²) in [7, 11) is 0. The predicted molar refractivity (Wildman–Crippen MR) is 220 cm³/mol. The van der Waals surface area contributed by atoms with Crippen LogP contribution in [0.3, 0.4) is 0 Å². The third-order valence-corrected chi connectivity index (χ3v) is 12.0. The molecule has 2 nitrogen and oxygen atoms in total. The maximum Gasteiger partial charge on any atom is 0.147 e. The number of nitrogens with zero attached hydrogens (tertiary/aromatic N) is 2. The number of para-hydroxylation sites is 2. The first-order chi connectivity index (χ1) is 24.5. The number of benzene rings is 6. The summed E-state index contributed by atoms with van der Waals surface area (Å²) in [6.45, 7) is 18.2. The van der Waals surface area contributed by atoms with Crippen molar-refractivity contribution in [2.75, 3.05) is 0 Å². The van der Waals surface area contributed by atoms with Crippen LogP contribution in [0, 0.1) is 0 Å². The van der Waals surface area contributed by atoms with Crippen LogP contribution < -0.4 is 0 Å². The summed E-state index contributed by atoms with van der Waals surface area (Å²) in [5.41, 5.74) is 9.75. The Morgan fingerprint density at radius 2 is 1.34 bits per heavy atom. The molecule has 0 aliphatic rings. The molecule has 2 aromatic heterocycles. The van der Waals surface area contributed by atoms with Crippen molar-refractivity contribution >= 4 is 64.1 Å². The summed E-state index contributed by atoms with van der Waals surface area (Å²) in [6, 6.07) is 36.0. The minimum atomic E-state index is -0.689. The molecule has 0 radical (unpaired) electrons. The summed E-state index contributed by atoms with van der Waals surface area (Å²) < 4.78 is 14.7. The lowest BCUT2D eigenvalue weighted by molar-refractivity contribution is 0.647. The first kappa shape index (κ1) is 31.5. The molecule has 0 amide bonds. The zero-order chi connectivity index (χ0) is 35.8. The highest BCUT2D eigenvalue weighted by atomic mass is 32.1. The van der Waals surface area contributed by atoms with Crippen LogP contribution in [-0.2, 0) is 0 Å². The summed E-state index contributed by atoms with van der Waals surface area (Å²) in [4.78, 5) is 5.49. The fraction of sp³-hybridized carbons (Fsp3) is 0.298.